The zero-order valence-electron chi connectivity index (χ0n) is 9.80. The maximum absolute atomic E-state index is 4.09. The minimum absolute atomic E-state index is 0.250. The summed E-state index contributed by atoms with van der Waals surface area (Å²) in [7, 11) is 0. The Kier molecular flexibility index (Phi) is 3.88. The molecular weight excluding hydrogens is 208 g/mol. The molecule has 17 heavy (non-hydrogen) atoms. The molecule has 1 aromatic heterocycles. The van der Waals surface area contributed by atoms with Gasteiger partial charge in [0.1, 0.15) is 0 Å². The second-order valence-corrected chi connectivity index (χ2v) is 3.71. The second-order valence-electron chi connectivity index (χ2n) is 3.71. The van der Waals surface area contributed by atoms with Crippen LogP contribution >= 0.6 is 0 Å². The Bertz CT molecular complexity index is 509. The van der Waals surface area contributed by atoms with Crippen molar-refractivity contribution >= 4 is 0 Å². The van der Waals surface area contributed by atoms with E-state index in [1.54, 1.807) is 18.5 Å². The zero-order chi connectivity index (χ0) is 11.9. The summed E-state index contributed by atoms with van der Waals surface area (Å²) in [6.07, 6.45) is 4.41. The Morgan fingerprint density at radius 3 is 2.41 bits per heavy atom. The van der Waals surface area contributed by atoms with Crippen molar-refractivity contribution < 1.29 is 0 Å². The number of hydrogen-bond donors (Lipinski definition) is 0. The first-order valence-electron chi connectivity index (χ1n) is 5.73. The van der Waals surface area contributed by atoms with Gasteiger partial charge >= 0.3 is 0 Å². The van der Waals surface area contributed by atoms with Crippen LogP contribution in [-0.2, 0) is 0 Å². The first kappa shape index (κ1) is 11.3. The molecule has 0 spiro atoms. The molecule has 1 atom stereocenters. The van der Waals surface area contributed by atoms with E-state index in [0.717, 1.165) is 6.42 Å². The summed E-state index contributed by atoms with van der Waals surface area (Å²) in [5.41, 5.74) is 1.25. The summed E-state index contributed by atoms with van der Waals surface area (Å²) in [5.74, 6) is 7.08. The first-order chi connectivity index (χ1) is 8.40. The lowest BCUT2D eigenvalue weighted by Crippen LogP contribution is -1.94. The molecule has 0 aliphatic carbocycles. The summed E-state index contributed by atoms with van der Waals surface area (Å²) >= 11 is 0. The van der Waals surface area contributed by atoms with Crippen LogP contribution in [0.1, 0.15) is 30.7 Å². The standard InChI is InChI=1S/C15H14N2/c1-2-13(14-7-4-3-5-8-14)9-10-15-16-11-6-12-17-15/h3-8,11-13H,2H2,1H3/t13-/m0/s1. The molecule has 0 N–H and O–H groups in total. The van der Waals surface area contributed by atoms with Crippen LogP contribution in [0.4, 0.5) is 0 Å². The van der Waals surface area contributed by atoms with Crippen LogP contribution in [0.15, 0.2) is 48.8 Å². The third kappa shape index (κ3) is 3.15. The highest BCUT2D eigenvalue weighted by Crippen LogP contribution is 2.17. The van der Waals surface area contributed by atoms with Gasteiger partial charge in [-0.15, -0.1) is 0 Å². The molecular formula is C15H14N2. The second kappa shape index (κ2) is 5.81. The largest absolute Gasteiger partial charge is 0.229 e. The SMILES string of the molecule is CC[C@@H](C#Cc1ncccn1)c1ccccc1. The molecule has 0 saturated heterocycles. The van der Waals surface area contributed by atoms with Gasteiger partial charge in [0.05, 0.1) is 0 Å². The quantitative estimate of drug-likeness (QED) is 0.730. The summed E-state index contributed by atoms with van der Waals surface area (Å²) < 4.78 is 0. The highest BCUT2D eigenvalue weighted by molar-refractivity contribution is 5.31. The van der Waals surface area contributed by atoms with E-state index in [2.05, 4.69) is 40.9 Å². The number of aromatic nitrogens is 2. The molecule has 1 aromatic carbocycles. The molecule has 0 amide bonds. The van der Waals surface area contributed by atoms with Gasteiger partial charge in [0, 0.05) is 18.3 Å². The van der Waals surface area contributed by atoms with Gasteiger partial charge in [-0.05, 0) is 24.0 Å². The number of nitrogens with zero attached hydrogens (tertiary/aromatic N) is 2. The summed E-state index contributed by atoms with van der Waals surface area (Å²) in [5, 5.41) is 0. The van der Waals surface area contributed by atoms with Gasteiger partial charge in [-0.3, -0.25) is 0 Å². The van der Waals surface area contributed by atoms with Gasteiger partial charge in [-0.25, -0.2) is 9.97 Å². The lowest BCUT2D eigenvalue weighted by molar-refractivity contribution is 0.829. The van der Waals surface area contributed by atoms with Gasteiger partial charge in [-0.1, -0.05) is 43.2 Å². The van der Waals surface area contributed by atoms with Gasteiger partial charge in [0.2, 0.25) is 5.82 Å². The average molecular weight is 222 g/mol. The van der Waals surface area contributed by atoms with E-state index >= 15 is 0 Å². The van der Waals surface area contributed by atoms with Crippen molar-refractivity contribution in [3.05, 3.63) is 60.2 Å². The van der Waals surface area contributed by atoms with Crippen molar-refractivity contribution in [3.63, 3.8) is 0 Å². The first-order valence-corrected chi connectivity index (χ1v) is 5.73. The van der Waals surface area contributed by atoms with E-state index in [1.807, 2.05) is 18.2 Å². The molecule has 0 aliphatic heterocycles. The smallest absolute Gasteiger partial charge is 0.204 e. The lowest BCUT2D eigenvalue weighted by Gasteiger charge is -2.06. The van der Waals surface area contributed by atoms with E-state index < -0.39 is 0 Å². The fourth-order valence-electron chi connectivity index (χ4n) is 1.62. The molecule has 0 unspecified atom stereocenters. The number of benzene rings is 1. The summed E-state index contributed by atoms with van der Waals surface area (Å²) in [4.78, 5) is 8.19. The zero-order valence-corrected chi connectivity index (χ0v) is 9.80. The van der Waals surface area contributed by atoms with Gasteiger partial charge in [0.15, 0.2) is 0 Å². The molecule has 2 heteroatoms. The average Bonchev–Trinajstić information content (AvgIpc) is 2.42. The molecule has 0 aliphatic rings. The minimum Gasteiger partial charge on any atom is -0.229 e. The van der Waals surface area contributed by atoms with Gasteiger partial charge in [0.25, 0.3) is 0 Å². The lowest BCUT2D eigenvalue weighted by atomic mass is 9.97. The minimum atomic E-state index is 0.250. The molecule has 2 aromatic rings. The van der Waals surface area contributed by atoms with Crippen LogP contribution in [0.2, 0.25) is 0 Å². The van der Waals surface area contributed by atoms with Crippen LogP contribution < -0.4 is 0 Å². The molecule has 2 rings (SSSR count). The van der Waals surface area contributed by atoms with Gasteiger partial charge in [-0.2, -0.15) is 0 Å². The van der Waals surface area contributed by atoms with E-state index in [-0.39, 0.29) is 5.92 Å². The predicted octanol–water partition coefficient (Wildman–Crippen LogP) is 3.02. The highest BCUT2D eigenvalue weighted by Gasteiger charge is 2.04. The summed E-state index contributed by atoms with van der Waals surface area (Å²) in [6.45, 7) is 2.14. The topological polar surface area (TPSA) is 25.8 Å². The molecule has 0 fully saturated rings. The van der Waals surface area contributed by atoms with Crippen molar-refractivity contribution in [2.24, 2.45) is 0 Å². The maximum atomic E-state index is 4.09. The Morgan fingerprint density at radius 2 is 1.76 bits per heavy atom. The predicted molar refractivity (Wildman–Crippen MR) is 68.4 cm³/mol. The molecule has 2 nitrogen and oxygen atoms in total. The van der Waals surface area contributed by atoms with Gasteiger partial charge < -0.3 is 0 Å². The Labute approximate surface area is 102 Å². The van der Waals surface area contributed by atoms with Crippen LogP contribution in [0, 0.1) is 11.8 Å². The van der Waals surface area contributed by atoms with Crippen molar-refractivity contribution in [2.75, 3.05) is 0 Å². The fraction of sp³-hybridized carbons (Fsp3) is 0.200. The van der Waals surface area contributed by atoms with E-state index in [0.29, 0.717) is 5.82 Å². The van der Waals surface area contributed by atoms with Crippen molar-refractivity contribution in [1.29, 1.82) is 0 Å². The molecule has 0 radical (unpaired) electrons. The highest BCUT2D eigenvalue weighted by atomic mass is 14.8. The van der Waals surface area contributed by atoms with Crippen molar-refractivity contribution in [2.45, 2.75) is 19.3 Å². The van der Waals surface area contributed by atoms with E-state index in [9.17, 15) is 0 Å². The summed E-state index contributed by atoms with van der Waals surface area (Å²) in [6, 6.07) is 12.1. The van der Waals surface area contributed by atoms with Crippen molar-refractivity contribution in [1.82, 2.24) is 9.97 Å². The van der Waals surface area contributed by atoms with Crippen LogP contribution in [0.25, 0.3) is 0 Å². The third-order valence-corrected chi connectivity index (χ3v) is 2.53. The fourth-order valence-corrected chi connectivity index (χ4v) is 1.62. The maximum Gasteiger partial charge on any atom is 0.204 e. The monoisotopic (exact) mass is 222 g/mol. The van der Waals surface area contributed by atoms with E-state index in [1.165, 1.54) is 5.56 Å². The Hall–Kier alpha value is -2.14. The van der Waals surface area contributed by atoms with Crippen molar-refractivity contribution in [3.8, 4) is 11.8 Å². The van der Waals surface area contributed by atoms with E-state index in [4.69, 9.17) is 0 Å². The van der Waals surface area contributed by atoms with Crippen LogP contribution in [0.5, 0.6) is 0 Å². The molecule has 1 heterocycles. The van der Waals surface area contributed by atoms with Crippen LogP contribution in [-0.4, -0.2) is 9.97 Å². The number of rotatable bonds is 2. The number of hydrogen-bond acceptors (Lipinski definition) is 2. The molecule has 84 valence electrons. The normalized spacial score (nSPS) is 11.4. The Morgan fingerprint density at radius 1 is 1.06 bits per heavy atom. The molecule has 0 bridgehead atoms. The third-order valence-electron chi connectivity index (χ3n) is 2.53. The Balaban J connectivity index is 2.20. The van der Waals surface area contributed by atoms with Crippen LogP contribution in [0.3, 0.4) is 0 Å². The molecule has 0 saturated carbocycles.